The maximum atomic E-state index is 10.6. The van der Waals surface area contributed by atoms with E-state index in [4.69, 9.17) is 9.52 Å². The third-order valence-electron chi connectivity index (χ3n) is 3.06. The summed E-state index contributed by atoms with van der Waals surface area (Å²) in [6, 6.07) is 9.77. The van der Waals surface area contributed by atoms with E-state index in [1.54, 1.807) is 6.20 Å². The van der Waals surface area contributed by atoms with Gasteiger partial charge in [-0.3, -0.25) is 9.69 Å². The molecule has 0 spiro atoms. The van der Waals surface area contributed by atoms with Gasteiger partial charge in [0.25, 0.3) is 0 Å². The van der Waals surface area contributed by atoms with E-state index in [2.05, 4.69) is 4.98 Å². The van der Waals surface area contributed by atoms with Crippen LogP contribution >= 0.6 is 0 Å². The standard InChI is InChI=1S/C15H18N2O3/c1-2-17(9-8-15(18)19)11-14-16-10-13(20-14)12-6-4-3-5-7-12/h3-7,10H,2,8-9,11H2,1H3,(H,18,19). The van der Waals surface area contributed by atoms with Crippen molar-refractivity contribution < 1.29 is 14.3 Å². The van der Waals surface area contributed by atoms with Crippen LogP contribution in [0.4, 0.5) is 0 Å². The SMILES string of the molecule is CCN(CCC(=O)O)Cc1ncc(-c2ccccc2)o1. The second-order valence-corrected chi connectivity index (χ2v) is 4.50. The number of nitrogens with zero attached hydrogens (tertiary/aromatic N) is 2. The van der Waals surface area contributed by atoms with Crippen LogP contribution in [0.5, 0.6) is 0 Å². The van der Waals surface area contributed by atoms with Crippen LogP contribution in [0.3, 0.4) is 0 Å². The highest BCUT2D eigenvalue weighted by molar-refractivity contribution is 5.66. The number of carbonyl (C=O) groups is 1. The topological polar surface area (TPSA) is 66.6 Å². The van der Waals surface area contributed by atoms with Crippen LogP contribution in [0.1, 0.15) is 19.2 Å². The summed E-state index contributed by atoms with van der Waals surface area (Å²) >= 11 is 0. The van der Waals surface area contributed by atoms with Gasteiger partial charge < -0.3 is 9.52 Å². The summed E-state index contributed by atoms with van der Waals surface area (Å²) in [4.78, 5) is 16.8. The van der Waals surface area contributed by atoms with E-state index in [1.807, 2.05) is 42.2 Å². The summed E-state index contributed by atoms with van der Waals surface area (Å²) in [5.74, 6) is 0.548. The fourth-order valence-electron chi connectivity index (χ4n) is 1.91. The Morgan fingerprint density at radius 3 is 2.75 bits per heavy atom. The predicted molar refractivity (Wildman–Crippen MR) is 75.1 cm³/mol. The first kappa shape index (κ1) is 14.3. The quantitative estimate of drug-likeness (QED) is 0.840. The minimum Gasteiger partial charge on any atom is -0.481 e. The lowest BCUT2D eigenvalue weighted by Crippen LogP contribution is -2.25. The van der Waals surface area contributed by atoms with Crippen molar-refractivity contribution in [2.24, 2.45) is 0 Å². The summed E-state index contributed by atoms with van der Waals surface area (Å²) in [5.41, 5.74) is 0.986. The maximum absolute atomic E-state index is 10.6. The first-order valence-electron chi connectivity index (χ1n) is 6.63. The molecule has 0 radical (unpaired) electrons. The van der Waals surface area contributed by atoms with Gasteiger partial charge in [0.2, 0.25) is 5.89 Å². The van der Waals surface area contributed by atoms with Crippen LogP contribution in [-0.4, -0.2) is 34.0 Å². The Morgan fingerprint density at radius 1 is 1.35 bits per heavy atom. The Bertz CT molecular complexity index is 551. The molecular formula is C15H18N2O3. The Labute approximate surface area is 117 Å². The molecule has 2 rings (SSSR count). The van der Waals surface area contributed by atoms with Gasteiger partial charge in [-0.15, -0.1) is 0 Å². The van der Waals surface area contributed by atoms with E-state index in [0.717, 1.165) is 17.9 Å². The number of carboxylic acid groups (broad SMARTS) is 1. The lowest BCUT2D eigenvalue weighted by atomic mass is 10.2. The maximum Gasteiger partial charge on any atom is 0.304 e. The highest BCUT2D eigenvalue weighted by atomic mass is 16.4. The van der Waals surface area contributed by atoms with Gasteiger partial charge >= 0.3 is 5.97 Å². The summed E-state index contributed by atoms with van der Waals surface area (Å²) in [7, 11) is 0. The molecule has 0 saturated heterocycles. The molecule has 20 heavy (non-hydrogen) atoms. The molecule has 0 fully saturated rings. The van der Waals surface area contributed by atoms with Crippen molar-refractivity contribution in [2.45, 2.75) is 19.9 Å². The van der Waals surface area contributed by atoms with Crippen LogP contribution in [0, 0.1) is 0 Å². The Hall–Kier alpha value is -2.14. The van der Waals surface area contributed by atoms with Crippen LogP contribution in [0.25, 0.3) is 11.3 Å². The largest absolute Gasteiger partial charge is 0.481 e. The molecule has 1 aromatic carbocycles. The van der Waals surface area contributed by atoms with Gasteiger partial charge in [-0.2, -0.15) is 0 Å². The smallest absolute Gasteiger partial charge is 0.304 e. The van der Waals surface area contributed by atoms with Crippen molar-refractivity contribution in [3.63, 3.8) is 0 Å². The number of aromatic nitrogens is 1. The first-order valence-corrected chi connectivity index (χ1v) is 6.63. The van der Waals surface area contributed by atoms with Crippen molar-refractivity contribution in [2.75, 3.05) is 13.1 Å². The lowest BCUT2D eigenvalue weighted by Gasteiger charge is -2.16. The number of rotatable bonds is 7. The van der Waals surface area contributed by atoms with E-state index >= 15 is 0 Å². The molecule has 0 bridgehead atoms. The molecule has 0 amide bonds. The van der Waals surface area contributed by atoms with Gasteiger partial charge in [0.15, 0.2) is 5.76 Å². The van der Waals surface area contributed by atoms with E-state index in [-0.39, 0.29) is 6.42 Å². The Morgan fingerprint density at radius 2 is 2.10 bits per heavy atom. The zero-order chi connectivity index (χ0) is 14.4. The number of benzene rings is 1. The molecule has 5 heteroatoms. The van der Waals surface area contributed by atoms with Crippen molar-refractivity contribution in [1.82, 2.24) is 9.88 Å². The number of oxazole rings is 1. The fraction of sp³-hybridized carbons (Fsp3) is 0.333. The van der Waals surface area contributed by atoms with Crippen LogP contribution in [-0.2, 0) is 11.3 Å². The molecule has 106 valence electrons. The Balaban J connectivity index is 2.00. The third-order valence-corrected chi connectivity index (χ3v) is 3.06. The highest BCUT2D eigenvalue weighted by Crippen LogP contribution is 2.20. The van der Waals surface area contributed by atoms with Gasteiger partial charge in [-0.25, -0.2) is 4.98 Å². The molecule has 5 nitrogen and oxygen atoms in total. The van der Waals surface area contributed by atoms with Gasteiger partial charge in [-0.1, -0.05) is 37.3 Å². The third kappa shape index (κ3) is 3.93. The molecule has 0 aliphatic carbocycles. The summed E-state index contributed by atoms with van der Waals surface area (Å²) < 4.78 is 5.71. The molecule has 0 saturated carbocycles. The fourth-order valence-corrected chi connectivity index (χ4v) is 1.91. The number of aliphatic carboxylic acids is 1. The summed E-state index contributed by atoms with van der Waals surface area (Å²) in [5, 5.41) is 8.71. The normalized spacial score (nSPS) is 10.9. The second kappa shape index (κ2) is 6.86. The predicted octanol–water partition coefficient (Wildman–Crippen LogP) is 2.64. The molecule has 0 unspecified atom stereocenters. The van der Waals surface area contributed by atoms with Crippen LogP contribution in [0.15, 0.2) is 40.9 Å². The van der Waals surface area contributed by atoms with Gasteiger partial charge in [0.1, 0.15) is 0 Å². The summed E-state index contributed by atoms with van der Waals surface area (Å²) in [6.07, 6.45) is 1.83. The zero-order valence-corrected chi connectivity index (χ0v) is 11.5. The van der Waals surface area contributed by atoms with Crippen LogP contribution < -0.4 is 0 Å². The van der Waals surface area contributed by atoms with Gasteiger partial charge in [0.05, 0.1) is 19.2 Å². The number of carboxylic acids is 1. The van der Waals surface area contributed by atoms with E-state index in [9.17, 15) is 4.79 Å². The monoisotopic (exact) mass is 274 g/mol. The van der Waals surface area contributed by atoms with E-state index in [0.29, 0.717) is 19.0 Å². The van der Waals surface area contributed by atoms with Gasteiger partial charge in [-0.05, 0) is 6.54 Å². The first-order chi connectivity index (χ1) is 9.69. The molecule has 0 atom stereocenters. The lowest BCUT2D eigenvalue weighted by molar-refractivity contribution is -0.137. The molecule has 1 N–H and O–H groups in total. The van der Waals surface area contributed by atoms with Crippen molar-refractivity contribution >= 4 is 5.97 Å². The van der Waals surface area contributed by atoms with Crippen molar-refractivity contribution in [3.8, 4) is 11.3 Å². The average molecular weight is 274 g/mol. The molecule has 2 aromatic rings. The molecule has 1 aromatic heterocycles. The van der Waals surface area contributed by atoms with Crippen LogP contribution in [0.2, 0.25) is 0 Å². The highest BCUT2D eigenvalue weighted by Gasteiger charge is 2.11. The minimum absolute atomic E-state index is 0.125. The molecule has 0 aliphatic heterocycles. The number of hydrogen-bond donors (Lipinski definition) is 1. The van der Waals surface area contributed by atoms with Crippen molar-refractivity contribution in [3.05, 3.63) is 42.4 Å². The summed E-state index contributed by atoms with van der Waals surface area (Å²) in [6.45, 7) is 3.77. The van der Waals surface area contributed by atoms with E-state index in [1.165, 1.54) is 0 Å². The van der Waals surface area contributed by atoms with Crippen molar-refractivity contribution in [1.29, 1.82) is 0 Å². The second-order valence-electron chi connectivity index (χ2n) is 4.50. The van der Waals surface area contributed by atoms with Gasteiger partial charge in [0, 0.05) is 12.1 Å². The Kier molecular flexibility index (Phi) is 4.90. The molecular weight excluding hydrogens is 256 g/mol. The molecule has 1 heterocycles. The number of hydrogen-bond acceptors (Lipinski definition) is 4. The van der Waals surface area contributed by atoms with E-state index < -0.39 is 5.97 Å². The minimum atomic E-state index is -0.791. The average Bonchev–Trinajstić information content (AvgIpc) is 2.92. The zero-order valence-electron chi connectivity index (χ0n) is 11.5. The molecule has 0 aliphatic rings.